The minimum absolute atomic E-state index is 0.00998. The van der Waals surface area contributed by atoms with Crippen LogP contribution in [0.15, 0.2) is 29.2 Å². The van der Waals surface area contributed by atoms with Crippen LogP contribution < -0.4 is 10.2 Å². The van der Waals surface area contributed by atoms with Gasteiger partial charge in [0.1, 0.15) is 6.54 Å². The number of ether oxygens (including phenoxy) is 1. The smallest absolute Gasteiger partial charge is 0.240 e. The van der Waals surface area contributed by atoms with Gasteiger partial charge in [0.15, 0.2) is 0 Å². The third-order valence-electron chi connectivity index (χ3n) is 4.19. The number of hydrogen-bond acceptors (Lipinski definition) is 5. The highest BCUT2D eigenvalue weighted by Gasteiger charge is 2.24. The highest BCUT2D eigenvalue weighted by molar-refractivity contribution is 7.99. The number of rotatable bonds is 5. The number of benzene rings is 1. The molecule has 1 aromatic carbocycles. The molecule has 0 aliphatic carbocycles. The molecule has 1 saturated heterocycles. The van der Waals surface area contributed by atoms with Crippen LogP contribution in [0.5, 0.6) is 0 Å². The highest BCUT2D eigenvalue weighted by Crippen LogP contribution is 2.33. The van der Waals surface area contributed by atoms with Crippen LogP contribution in [0.2, 0.25) is 0 Å². The van der Waals surface area contributed by atoms with E-state index >= 15 is 0 Å². The first-order valence-electron chi connectivity index (χ1n) is 8.33. The first-order chi connectivity index (χ1) is 11.7. The normalized spacial score (nSPS) is 18.8. The standard InChI is InChI=1S/C17H23N3O3S/c21-16(18-6-7-19-8-10-23-11-9-19)13-20-14-3-1-2-4-15(14)24-12-5-17(20)22/h1-4H,5-13H2,(H,18,21). The van der Waals surface area contributed by atoms with E-state index in [0.29, 0.717) is 13.0 Å². The Bertz CT molecular complexity index is 590. The molecule has 2 heterocycles. The van der Waals surface area contributed by atoms with Crippen LogP contribution in [0.25, 0.3) is 0 Å². The quantitative estimate of drug-likeness (QED) is 0.858. The first-order valence-corrected chi connectivity index (χ1v) is 9.31. The van der Waals surface area contributed by atoms with Gasteiger partial charge in [0.05, 0.1) is 18.9 Å². The number of carbonyl (C=O) groups excluding carboxylic acids is 2. The summed E-state index contributed by atoms with van der Waals surface area (Å²) in [6, 6.07) is 7.78. The Balaban J connectivity index is 1.53. The molecule has 24 heavy (non-hydrogen) atoms. The number of nitrogens with one attached hydrogen (secondary N) is 1. The molecule has 1 N–H and O–H groups in total. The molecule has 0 radical (unpaired) electrons. The van der Waals surface area contributed by atoms with Crippen molar-refractivity contribution in [3.05, 3.63) is 24.3 Å². The van der Waals surface area contributed by atoms with Crippen molar-refractivity contribution >= 4 is 29.3 Å². The summed E-state index contributed by atoms with van der Waals surface area (Å²) in [5, 5.41) is 2.93. The lowest BCUT2D eigenvalue weighted by atomic mass is 10.2. The van der Waals surface area contributed by atoms with Crippen molar-refractivity contribution in [2.75, 3.05) is 56.6 Å². The Morgan fingerprint density at radius 1 is 1.25 bits per heavy atom. The molecule has 0 unspecified atom stereocenters. The van der Waals surface area contributed by atoms with Gasteiger partial charge in [-0.05, 0) is 12.1 Å². The van der Waals surface area contributed by atoms with Crippen LogP contribution in [0, 0.1) is 0 Å². The van der Waals surface area contributed by atoms with Crippen molar-refractivity contribution in [3.8, 4) is 0 Å². The summed E-state index contributed by atoms with van der Waals surface area (Å²) in [5.41, 5.74) is 0.841. The van der Waals surface area contributed by atoms with Crippen molar-refractivity contribution in [1.29, 1.82) is 0 Å². The van der Waals surface area contributed by atoms with Crippen LogP contribution in [-0.4, -0.2) is 68.4 Å². The van der Waals surface area contributed by atoms with Crippen molar-refractivity contribution in [2.45, 2.75) is 11.3 Å². The molecule has 130 valence electrons. The van der Waals surface area contributed by atoms with E-state index < -0.39 is 0 Å². The van der Waals surface area contributed by atoms with Crippen LogP contribution in [0.4, 0.5) is 5.69 Å². The van der Waals surface area contributed by atoms with Gasteiger partial charge in [-0.1, -0.05) is 12.1 Å². The fourth-order valence-corrected chi connectivity index (χ4v) is 3.87. The van der Waals surface area contributed by atoms with E-state index in [-0.39, 0.29) is 18.4 Å². The van der Waals surface area contributed by atoms with E-state index in [1.165, 1.54) is 0 Å². The second-order valence-corrected chi connectivity index (χ2v) is 6.99. The summed E-state index contributed by atoms with van der Waals surface area (Å²) in [6.07, 6.45) is 0.459. The third-order valence-corrected chi connectivity index (χ3v) is 5.25. The van der Waals surface area contributed by atoms with Crippen molar-refractivity contribution in [2.24, 2.45) is 0 Å². The van der Waals surface area contributed by atoms with Crippen molar-refractivity contribution in [1.82, 2.24) is 10.2 Å². The summed E-state index contributed by atoms with van der Waals surface area (Å²) in [6.45, 7) is 4.82. The Morgan fingerprint density at radius 3 is 2.88 bits per heavy atom. The number of thioether (sulfide) groups is 1. The predicted molar refractivity (Wildman–Crippen MR) is 94.4 cm³/mol. The topological polar surface area (TPSA) is 61.9 Å². The van der Waals surface area contributed by atoms with Crippen LogP contribution in [0.3, 0.4) is 0 Å². The molecule has 0 atom stereocenters. The van der Waals surface area contributed by atoms with E-state index in [0.717, 1.165) is 49.2 Å². The highest BCUT2D eigenvalue weighted by atomic mass is 32.2. The Hall–Kier alpha value is -1.57. The van der Waals surface area contributed by atoms with Gasteiger partial charge in [-0.15, -0.1) is 11.8 Å². The van der Waals surface area contributed by atoms with Gasteiger partial charge in [0.2, 0.25) is 11.8 Å². The van der Waals surface area contributed by atoms with Crippen LogP contribution in [0.1, 0.15) is 6.42 Å². The molecule has 3 rings (SSSR count). The number of nitrogens with zero attached hydrogens (tertiary/aromatic N) is 2. The molecule has 0 bridgehead atoms. The fourth-order valence-electron chi connectivity index (χ4n) is 2.87. The van der Waals surface area contributed by atoms with Gasteiger partial charge in [0, 0.05) is 43.2 Å². The number of anilines is 1. The van der Waals surface area contributed by atoms with Gasteiger partial charge in [-0.2, -0.15) is 0 Å². The number of carbonyl (C=O) groups is 2. The minimum Gasteiger partial charge on any atom is -0.379 e. The zero-order chi connectivity index (χ0) is 16.8. The van der Waals surface area contributed by atoms with Crippen LogP contribution >= 0.6 is 11.8 Å². The summed E-state index contributed by atoms with van der Waals surface area (Å²) in [7, 11) is 0. The van der Waals surface area contributed by atoms with Gasteiger partial charge in [-0.3, -0.25) is 14.5 Å². The molecular formula is C17H23N3O3S. The van der Waals surface area contributed by atoms with E-state index in [2.05, 4.69) is 10.2 Å². The predicted octanol–water partition coefficient (Wildman–Crippen LogP) is 0.964. The second-order valence-electron chi connectivity index (χ2n) is 5.85. The lowest BCUT2D eigenvalue weighted by Gasteiger charge is -2.27. The van der Waals surface area contributed by atoms with Gasteiger partial charge < -0.3 is 15.0 Å². The SMILES string of the molecule is O=C(CN1C(=O)CCSc2ccccc21)NCCN1CCOCC1. The molecule has 1 aromatic rings. The minimum atomic E-state index is -0.113. The summed E-state index contributed by atoms with van der Waals surface area (Å²) >= 11 is 1.67. The average Bonchev–Trinajstić information content (AvgIpc) is 2.75. The molecule has 7 heteroatoms. The van der Waals surface area contributed by atoms with Crippen molar-refractivity contribution < 1.29 is 14.3 Å². The number of para-hydroxylation sites is 1. The third kappa shape index (κ3) is 4.49. The van der Waals surface area contributed by atoms with Gasteiger partial charge >= 0.3 is 0 Å². The number of hydrogen-bond donors (Lipinski definition) is 1. The Kier molecular flexibility index (Phi) is 6.12. The molecule has 0 aromatic heterocycles. The zero-order valence-electron chi connectivity index (χ0n) is 13.7. The average molecular weight is 349 g/mol. The molecular weight excluding hydrogens is 326 g/mol. The van der Waals surface area contributed by atoms with E-state index in [1.54, 1.807) is 16.7 Å². The molecule has 1 fully saturated rings. The number of morpholine rings is 1. The lowest BCUT2D eigenvalue weighted by molar-refractivity contribution is -0.123. The fraction of sp³-hybridized carbons (Fsp3) is 0.529. The lowest BCUT2D eigenvalue weighted by Crippen LogP contribution is -2.44. The summed E-state index contributed by atoms with van der Waals surface area (Å²) in [5.74, 6) is 0.652. The Labute approximate surface area is 146 Å². The molecule has 0 saturated carbocycles. The van der Waals surface area contributed by atoms with Gasteiger partial charge in [0.25, 0.3) is 0 Å². The molecule has 2 aliphatic heterocycles. The molecule has 2 aliphatic rings. The maximum atomic E-state index is 12.3. The molecule has 2 amide bonds. The molecule has 6 nitrogen and oxygen atoms in total. The van der Waals surface area contributed by atoms with E-state index in [9.17, 15) is 9.59 Å². The monoisotopic (exact) mass is 349 g/mol. The van der Waals surface area contributed by atoms with Crippen molar-refractivity contribution in [3.63, 3.8) is 0 Å². The summed E-state index contributed by atoms with van der Waals surface area (Å²) in [4.78, 5) is 29.6. The van der Waals surface area contributed by atoms with Gasteiger partial charge in [-0.25, -0.2) is 0 Å². The Morgan fingerprint density at radius 2 is 2.04 bits per heavy atom. The maximum absolute atomic E-state index is 12.3. The maximum Gasteiger partial charge on any atom is 0.240 e. The second kappa shape index (κ2) is 8.50. The zero-order valence-corrected chi connectivity index (χ0v) is 14.5. The van der Waals surface area contributed by atoms with Crippen LogP contribution in [-0.2, 0) is 14.3 Å². The largest absolute Gasteiger partial charge is 0.379 e. The number of fused-ring (bicyclic) bond motifs is 1. The first kappa shape index (κ1) is 17.3. The summed E-state index contributed by atoms with van der Waals surface area (Å²) < 4.78 is 5.31. The number of amides is 2. The van der Waals surface area contributed by atoms with E-state index in [4.69, 9.17) is 4.74 Å². The van der Waals surface area contributed by atoms with E-state index in [1.807, 2.05) is 24.3 Å². The molecule has 0 spiro atoms.